The largest absolute Gasteiger partial charge is 0.318 e. The molecule has 0 saturated carbocycles. The van der Waals surface area contributed by atoms with E-state index in [1.54, 1.807) is 68.0 Å². The summed E-state index contributed by atoms with van der Waals surface area (Å²) in [5.41, 5.74) is 1.70. The maximum atomic E-state index is 13.6. The van der Waals surface area contributed by atoms with Gasteiger partial charge in [-0.05, 0) is 55.8 Å². The summed E-state index contributed by atoms with van der Waals surface area (Å²) in [6.45, 7) is 2.88. The zero-order chi connectivity index (χ0) is 26.0. The second kappa shape index (κ2) is 10.0. The highest BCUT2D eigenvalue weighted by molar-refractivity contribution is 7.92. The minimum absolute atomic E-state index is 0.0273. The standard InChI is InChI=1S/C26H25ClN4O4S/c1-18-14-15-20(27)16-23(18)30(36(34,35)22-12-8-5-9-13-22)17-24(32)28-25-19(2)29(3)31(26(25)33)21-10-6-4-7-11-21/h4-16H,17H2,1-3H3,(H,28,32). The molecule has 0 unspecified atom stereocenters. The molecule has 8 nitrogen and oxygen atoms in total. The van der Waals surface area contributed by atoms with Gasteiger partial charge in [-0.25, -0.2) is 13.1 Å². The maximum Gasteiger partial charge on any atom is 0.295 e. The number of amides is 1. The molecule has 0 aliphatic rings. The van der Waals surface area contributed by atoms with Crippen LogP contribution in [0, 0.1) is 13.8 Å². The van der Waals surface area contributed by atoms with Crippen molar-refractivity contribution in [2.24, 2.45) is 7.05 Å². The third-order valence-corrected chi connectivity index (χ3v) is 7.89. The second-order valence-electron chi connectivity index (χ2n) is 8.24. The highest BCUT2D eigenvalue weighted by Crippen LogP contribution is 2.29. The van der Waals surface area contributed by atoms with E-state index in [9.17, 15) is 18.0 Å². The number of carbonyl (C=O) groups excluding carboxylic acids is 1. The quantitative estimate of drug-likeness (QED) is 0.390. The van der Waals surface area contributed by atoms with E-state index in [1.165, 1.54) is 22.9 Å². The summed E-state index contributed by atoms with van der Waals surface area (Å²) in [6, 6.07) is 21.7. The fraction of sp³-hybridized carbons (Fsp3) is 0.154. The first kappa shape index (κ1) is 25.3. The fourth-order valence-corrected chi connectivity index (χ4v) is 5.56. The molecule has 4 rings (SSSR count). The van der Waals surface area contributed by atoms with Gasteiger partial charge in [-0.1, -0.05) is 54.1 Å². The molecule has 0 bridgehead atoms. The summed E-state index contributed by atoms with van der Waals surface area (Å²) in [6.07, 6.45) is 0. The Bertz CT molecular complexity index is 1580. The summed E-state index contributed by atoms with van der Waals surface area (Å²) in [5, 5.41) is 2.96. The van der Waals surface area contributed by atoms with Crippen molar-refractivity contribution in [1.29, 1.82) is 0 Å². The number of aromatic nitrogens is 2. The lowest BCUT2D eigenvalue weighted by Crippen LogP contribution is -2.39. The third kappa shape index (κ3) is 4.80. The summed E-state index contributed by atoms with van der Waals surface area (Å²) < 4.78 is 31.3. The Morgan fingerprint density at radius 3 is 2.22 bits per heavy atom. The average Bonchev–Trinajstić information content (AvgIpc) is 3.08. The number of aryl methyl sites for hydroxylation is 1. The minimum atomic E-state index is -4.12. The van der Waals surface area contributed by atoms with Crippen molar-refractivity contribution in [3.05, 3.63) is 105 Å². The predicted molar refractivity (Wildman–Crippen MR) is 142 cm³/mol. The maximum absolute atomic E-state index is 13.6. The molecular weight excluding hydrogens is 500 g/mol. The molecule has 0 spiro atoms. The summed E-state index contributed by atoms with van der Waals surface area (Å²) in [4.78, 5) is 26.4. The van der Waals surface area contributed by atoms with E-state index in [0.717, 1.165) is 4.31 Å². The average molecular weight is 525 g/mol. The van der Waals surface area contributed by atoms with Crippen LogP contribution in [0.2, 0.25) is 5.02 Å². The molecule has 4 aromatic rings. The molecule has 10 heteroatoms. The van der Waals surface area contributed by atoms with Crippen LogP contribution < -0.4 is 15.2 Å². The van der Waals surface area contributed by atoms with Gasteiger partial charge in [0, 0.05) is 12.1 Å². The van der Waals surface area contributed by atoms with E-state index in [2.05, 4.69) is 5.32 Å². The van der Waals surface area contributed by atoms with Crippen molar-refractivity contribution in [2.75, 3.05) is 16.2 Å². The van der Waals surface area contributed by atoms with Gasteiger partial charge in [0.1, 0.15) is 12.2 Å². The Balaban J connectivity index is 1.72. The van der Waals surface area contributed by atoms with Crippen LogP contribution >= 0.6 is 11.6 Å². The zero-order valence-corrected chi connectivity index (χ0v) is 21.5. The van der Waals surface area contributed by atoms with Crippen LogP contribution in [-0.2, 0) is 21.9 Å². The van der Waals surface area contributed by atoms with E-state index < -0.39 is 28.0 Å². The van der Waals surface area contributed by atoms with Crippen molar-refractivity contribution in [3.63, 3.8) is 0 Å². The van der Waals surface area contributed by atoms with Crippen LogP contribution in [0.25, 0.3) is 5.69 Å². The lowest BCUT2D eigenvalue weighted by Gasteiger charge is -2.25. The van der Waals surface area contributed by atoms with Crippen molar-refractivity contribution in [2.45, 2.75) is 18.7 Å². The van der Waals surface area contributed by atoms with Gasteiger partial charge in [0.2, 0.25) is 5.91 Å². The van der Waals surface area contributed by atoms with Crippen LogP contribution in [0.1, 0.15) is 11.3 Å². The van der Waals surface area contributed by atoms with Gasteiger partial charge < -0.3 is 5.32 Å². The highest BCUT2D eigenvalue weighted by atomic mass is 35.5. The number of carbonyl (C=O) groups is 1. The number of benzene rings is 3. The molecule has 1 heterocycles. The first-order chi connectivity index (χ1) is 17.1. The van der Waals surface area contributed by atoms with E-state index >= 15 is 0 Å². The molecule has 0 atom stereocenters. The molecule has 0 radical (unpaired) electrons. The van der Waals surface area contributed by atoms with Gasteiger partial charge in [0.25, 0.3) is 15.6 Å². The number of nitrogens with zero attached hydrogens (tertiary/aromatic N) is 3. The van der Waals surface area contributed by atoms with Crippen LogP contribution in [-0.4, -0.2) is 30.2 Å². The lowest BCUT2D eigenvalue weighted by atomic mass is 10.2. The number of hydrogen-bond acceptors (Lipinski definition) is 4. The number of anilines is 2. The monoisotopic (exact) mass is 524 g/mol. The Kier molecular flexibility index (Phi) is 7.05. The van der Waals surface area contributed by atoms with Crippen molar-refractivity contribution in [1.82, 2.24) is 9.36 Å². The number of rotatable bonds is 7. The highest BCUT2D eigenvalue weighted by Gasteiger charge is 2.29. The van der Waals surface area contributed by atoms with Crippen molar-refractivity contribution >= 4 is 38.9 Å². The summed E-state index contributed by atoms with van der Waals surface area (Å²) >= 11 is 6.17. The molecule has 1 aromatic heterocycles. The molecule has 1 amide bonds. The molecule has 0 aliphatic heterocycles. The lowest BCUT2D eigenvalue weighted by molar-refractivity contribution is -0.114. The topological polar surface area (TPSA) is 93.4 Å². The van der Waals surface area contributed by atoms with E-state index in [0.29, 0.717) is 22.0 Å². The molecule has 36 heavy (non-hydrogen) atoms. The van der Waals surface area contributed by atoms with Gasteiger partial charge in [-0.15, -0.1) is 0 Å². The number of hydrogen-bond donors (Lipinski definition) is 1. The first-order valence-corrected chi connectivity index (χ1v) is 12.9. The number of halogens is 1. The first-order valence-electron chi connectivity index (χ1n) is 11.1. The van der Waals surface area contributed by atoms with Gasteiger partial charge in [0.05, 0.1) is 22.0 Å². The Morgan fingerprint density at radius 1 is 0.972 bits per heavy atom. The van der Waals surface area contributed by atoms with Crippen LogP contribution in [0.3, 0.4) is 0 Å². The molecule has 0 aliphatic carbocycles. The fourth-order valence-electron chi connectivity index (χ4n) is 3.89. The van der Waals surface area contributed by atoms with E-state index in [-0.39, 0.29) is 16.3 Å². The van der Waals surface area contributed by atoms with Crippen molar-refractivity contribution < 1.29 is 13.2 Å². The third-order valence-electron chi connectivity index (χ3n) is 5.88. The Hall–Kier alpha value is -3.82. The number of nitrogens with one attached hydrogen (secondary N) is 1. The van der Waals surface area contributed by atoms with Gasteiger partial charge >= 0.3 is 0 Å². The zero-order valence-electron chi connectivity index (χ0n) is 20.0. The smallest absolute Gasteiger partial charge is 0.295 e. The van der Waals surface area contributed by atoms with Gasteiger partial charge in [-0.2, -0.15) is 0 Å². The predicted octanol–water partition coefficient (Wildman–Crippen LogP) is 4.28. The Labute approximate surface area is 214 Å². The Morgan fingerprint density at radius 2 is 1.58 bits per heavy atom. The number of para-hydroxylation sites is 1. The summed E-state index contributed by atoms with van der Waals surface area (Å²) in [7, 11) is -2.41. The van der Waals surface area contributed by atoms with Crippen LogP contribution in [0.5, 0.6) is 0 Å². The molecule has 1 N–H and O–H groups in total. The minimum Gasteiger partial charge on any atom is -0.318 e. The normalized spacial score (nSPS) is 11.3. The van der Waals surface area contributed by atoms with Gasteiger partial charge in [0.15, 0.2) is 0 Å². The molecule has 3 aromatic carbocycles. The SMILES string of the molecule is Cc1ccc(Cl)cc1N(CC(=O)Nc1c(C)n(C)n(-c2ccccc2)c1=O)S(=O)(=O)c1ccccc1. The van der Waals surface area contributed by atoms with Crippen LogP contribution in [0.4, 0.5) is 11.4 Å². The molecule has 0 saturated heterocycles. The van der Waals surface area contributed by atoms with Gasteiger partial charge in [-0.3, -0.25) is 18.6 Å². The number of sulfonamides is 1. The second-order valence-corrected chi connectivity index (χ2v) is 10.5. The van der Waals surface area contributed by atoms with Crippen LogP contribution in [0.15, 0.2) is 88.6 Å². The van der Waals surface area contributed by atoms with E-state index in [4.69, 9.17) is 11.6 Å². The van der Waals surface area contributed by atoms with Crippen molar-refractivity contribution in [3.8, 4) is 5.69 Å². The van der Waals surface area contributed by atoms with E-state index in [1.807, 2.05) is 18.2 Å². The summed E-state index contributed by atoms with van der Waals surface area (Å²) in [5.74, 6) is -0.667. The molecular formula is C26H25ClN4O4S. The molecule has 0 fully saturated rings. The molecule has 186 valence electrons.